The number of benzene rings is 2. The number of hydrogen-bond acceptors (Lipinski definition) is 9. The van der Waals surface area contributed by atoms with Gasteiger partial charge in [-0.25, -0.2) is 4.79 Å². The van der Waals surface area contributed by atoms with Gasteiger partial charge in [-0.2, -0.15) is 0 Å². The summed E-state index contributed by atoms with van der Waals surface area (Å²) in [7, 11) is 2.34. The van der Waals surface area contributed by atoms with Gasteiger partial charge in [0.15, 0.2) is 0 Å². The lowest BCUT2D eigenvalue weighted by atomic mass is 9.83. The van der Waals surface area contributed by atoms with Gasteiger partial charge in [0.05, 0.1) is 20.6 Å². The minimum Gasteiger partial charge on any atom is -0.469 e. The largest absolute Gasteiger partial charge is 0.469 e. The zero-order chi connectivity index (χ0) is 33.0. The van der Waals surface area contributed by atoms with Gasteiger partial charge in [-0.1, -0.05) is 60.7 Å². The molecule has 45 heavy (non-hydrogen) atoms. The lowest BCUT2D eigenvalue weighted by molar-refractivity contribution is -0.161. The normalized spacial score (nSPS) is 15.2. The highest BCUT2D eigenvalue weighted by Crippen LogP contribution is 2.32. The molecule has 3 rings (SSSR count). The zero-order valence-corrected chi connectivity index (χ0v) is 26.7. The molecule has 2 N–H and O–H groups in total. The third-order valence-corrected chi connectivity index (χ3v) is 7.54. The fraction of sp³-hybridized carbons (Fsp3) is 0.485. The molecule has 0 saturated carbocycles. The smallest absolute Gasteiger partial charge is 0.408 e. The highest BCUT2D eigenvalue weighted by molar-refractivity contribution is 5.97. The van der Waals surface area contributed by atoms with Crippen molar-refractivity contribution in [3.8, 4) is 0 Å². The summed E-state index contributed by atoms with van der Waals surface area (Å²) in [6.07, 6.45) is -1.13. The van der Waals surface area contributed by atoms with Crippen LogP contribution in [0.4, 0.5) is 4.79 Å². The summed E-state index contributed by atoms with van der Waals surface area (Å²) in [6, 6.07) is 17.7. The molecule has 244 valence electrons. The quantitative estimate of drug-likeness (QED) is 0.269. The van der Waals surface area contributed by atoms with Crippen LogP contribution in [0.1, 0.15) is 51.2 Å². The minimum absolute atomic E-state index is 0.181. The van der Waals surface area contributed by atoms with E-state index in [0.29, 0.717) is 19.6 Å². The molecule has 1 aliphatic rings. The molecule has 0 bridgehead atoms. The highest BCUT2D eigenvalue weighted by atomic mass is 16.6. The SMILES string of the molecule is COC(=O)C[C@H](NC(=O)OC(C)(C)C)C(=O)N(CC(=O)OC)C1(C(=O)NCc2ccccc2)CCN(Cc2ccccc2)CC1. The van der Waals surface area contributed by atoms with E-state index >= 15 is 0 Å². The summed E-state index contributed by atoms with van der Waals surface area (Å²) < 4.78 is 15.1. The number of nitrogens with zero attached hydrogens (tertiary/aromatic N) is 2. The molecule has 0 aromatic heterocycles. The number of piperidine rings is 1. The molecule has 2 aromatic rings. The Labute approximate surface area is 264 Å². The van der Waals surface area contributed by atoms with Gasteiger partial charge in [-0.05, 0) is 44.7 Å². The van der Waals surface area contributed by atoms with Crippen LogP contribution in [0.25, 0.3) is 0 Å². The van der Waals surface area contributed by atoms with Crippen LogP contribution in [0.5, 0.6) is 0 Å². The Morgan fingerprint density at radius 1 is 0.867 bits per heavy atom. The first-order valence-corrected chi connectivity index (χ1v) is 14.9. The molecule has 1 fully saturated rings. The van der Waals surface area contributed by atoms with Gasteiger partial charge in [-0.3, -0.25) is 24.1 Å². The zero-order valence-electron chi connectivity index (χ0n) is 26.7. The van der Waals surface area contributed by atoms with E-state index in [9.17, 15) is 24.0 Å². The summed E-state index contributed by atoms with van der Waals surface area (Å²) in [6.45, 7) is 6.07. The maximum Gasteiger partial charge on any atom is 0.408 e. The highest BCUT2D eigenvalue weighted by Gasteiger charge is 2.50. The first-order chi connectivity index (χ1) is 21.4. The molecule has 12 heteroatoms. The Kier molecular flexibility index (Phi) is 12.5. The van der Waals surface area contributed by atoms with E-state index in [-0.39, 0.29) is 19.4 Å². The summed E-state index contributed by atoms with van der Waals surface area (Å²) in [4.78, 5) is 69.8. The van der Waals surface area contributed by atoms with E-state index in [1.807, 2.05) is 60.7 Å². The Balaban J connectivity index is 1.99. The van der Waals surface area contributed by atoms with Gasteiger partial charge in [0.25, 0.3) is 0 Å². The van der Waals surface area contributed by atoms with Crippen LogP contribution in [-0.2, 0) is 46.5 Å². The number of methoxy groups -OCH3 is 2. The van der Waals surface area contributed by atoms with Crippen molar-refractivity contribution in [2.24, 2.45) is 0 Å². The third-order valence-electron chi connectivity index (χ3n) is 7.54. The summed E-state index contributed by atoms with van der Waals surface area (Å²) in [5.41, 5.74) is -0.444. The number of nitrogens with one attached hydrogen (secondary N) is 2. The predicted octanol–water partition coefficient (Wildman–Crippen LogP) is 2.80. The number of carbonyl (C=O) groups is 5. The minimum atomic E-state index is -1.50. The van der Waals surface area contributed by atoms with E-state index in [0.717, 1.165) is 23.1 Å². The molecule has 2 aromatic carbocycles. The molecule has 1 saturated heterocycles. The molecule has 1 aliphatic heterocycles. The number of likely N-dealkylation sites (tertiary alicyclic amines) is 1. The van der Waals surface area contributed by atoms with E-state index < -0.39 is 60.0 Å². The van der Waals surface area contributed by atoms with Crippen LogP contribution in [0.15, 0.2) is 60.7 Å². The average molecular weight is 625 g/mol. The number of carbonyl (C=O) groups excluding carboxylic acids is 5. The monoisotopic (exact) mass is 624 g/mol. The second-order valence-corrected chi connectivity index (χ2v) is 11.9. The van der Waals surface area contributed by atoms with Crippen molar-refractivity contribution in [1.29, 1.82) is 0 Å². The van der Waals surface area contributed by atoms with Crippen LogP contribution < -0.4 is 10.6 Å². The van der Waals surface area contributed by atoms with E-state index in [4.69, 9.17) is 14.2 Å². The first kappa shape index (κ1) is 35.0. The van der Waals surface area contributed by atoms with Gasteiger partial charge in [0, 0.05) is 26.2 Å². The van der Waals surface area contributed by atoms with Crippen molar-refractivity contribution in [2.75, 3.05) is 33.9 Å². The van der Waals surface area contributed by atoms with Gasteiger partial charge in [-0.15, -0.1) is 0 Å². The molecule has 0 aliphatic carbocycles. The average Bonchev–Trinajstić information content (AvgIpc) is 3.02. The maximum absolute atomic E-state index is 14.3. The van der Waals surface area contributed by atoms with Crippen molar-refractivity contribution in [2.45, 2.75) is 70.3 Å². The number of alkyl carbamates (subject to hydrolysis) is 1. The molecule has 1 atom stereocenters. The van der Waals surface area contributed by atoms with Crippen molar-refractivity contribution in [3.63, 3.8) is 0 Å². The van der Waals surface area contributed by atoms with Gasteiger partial charge in [0.1, 0.15) is 23.7 Å². The first-order valence-electron chi connectivity index (χ1n) is 14.9. The van der Waals surface area contributed by atoms with Crippen LogP contribution in [-0.4, -0.2) is 90.7 Å². The second kappa shape index (κ2) is 16.0. The Morgan fingerprint density at radius 2 is 1.42 bits per heavy atom. The van der Waals surface area contributed by atoms with E-state index in [1.165, 1.54) is 7.11 Å². The number of rotatable bonds is 12. The fourth-order valence-electron chi connectivity index (χ4n) is 5.21. The van der Waals surface area contributed by atoms with Crippen molar-refractivity contribution in [1.82, 2.24) is 20.4 Å². The molecular weight excluding hydrogens is 580 g/mol. The fourth-order valence-corrected chi connectivity index (χ4v) is 5.21. The summed E-state index contributed by atoms with van der Waals surface area (Å²) in [5, 5.41) is 5.41. The van der Waals surface area contributed by atoms with Crippen molar-refractivity contribution in [3.05, 3.63) is 71.8 Å². The van der Waals surface area contributed by atoms with Gasteiger partial charge < -0.3 is 29.7 Å². The number of ether oxygens (including phenoxy) is 3. The third kappa shape index (κ3) is 10.3. The molecule has 1 heterocycles. The number of esters is 2. The van der Waals surface area contributed by atoms with E-state index in [2.05, 4.69) is 15.5 Å². The van der Waals surface area contributed by atoms with Gasteiger partial charge >= 0.3 is 18.0 Å². The standard InChI is InChI=1S/C33H44N4O8/c1-32(2,3)45-31(42)35-26(20-27(38)43-4)29(40)37(23-28(39)44-5)33(30(41)34-21-24-12-8-6-9-13-24)16-18-36(19-17-33)22-25-14-10-7-11-15-25/h6-15,26H,16-23H2,1-5H3,(H,34,41)(H,35,42)/t26-/m0/s1. The molecule has 0 spiro atoms. The van der Waals surface area contributed by atoms with Crippen LogP contribution >= 0.6 is 0 Å². The topological polar surface area (TPSA) is 144 Å². The summed E-state index contributed by atoms with van der Waals surface area (Å²) >= 11 is 0. The number of amides is 3. The predicted molar refractivity (Wildman–Crippen MR) is 165 cm³/mol. The van der Waals surface area contributed by atoms with E-state index in [1.54, 1.807) is 20.8 Å². The van der Waals surface area contributed by atoms with Crippen molar-refractivity contribution >= 4 is 29.8 Å². The van der Waals surface area contributed by atoms with Crippen LogP contribution in [0.3, 0.4) is 0 Å². The Hall–Kier alpha value is -4.45. The van der Waals surface area contributed by atoms with Gasteiger partial charge in [0.2, 0.25) is 11.8 Å². The molecule has 0 unspecified atom stereocenters. The number of hydrogen-bond donors (Lipinski definition) is 2. The lowest BCUT2D eigenvalue weighted by Crippen LogP contribution is -2.68. The lowest BCUT2D eigenvalue weighted by Gasteiger charge is -2.47. The van der Waals surface area contributed by atoms with Crippen LogP contribution in [0.2, 0.25) is 0 Å². The Morgan fingerprint density at radius 3 is 1.96 bits per heavy atom. The molecular formula is C33H44N4O8. The molecule has 0 radical (unpaired) electrons. The Bertz CT molecular complexity index is 1300. The molecule has 12 nitrogen and oxygen atoms in total. The summed E-state index contributed by atoms with van der Waals surface area (Å²) in [5.74, 6) is -2.82. The second-order valence-electron chi connectivity index (χ2n) is 11.9. The van der Waals surface area contributed by atoms with Crippen LogP contribution in [0, 0.1) is 0 Å². The molecule has 3 amide bonds. The van der Waals surface area contributed by atoms with Crippen molar-refractivity contribution < 1.29 is 38.2 Å². The maximum atomic E-state index is 14.3.